The topological polar surface area (TPSA) is 95.6 Å². The molecule has 1 aromatic rings. The van der Waals surface area contributed by atoms with Crippen LogP contribution in [-0.2, 0) is 14.8 Å². The molecule has 9 heteroatoms. The van der Waals surface area contributed by atoms with Crippen LogP contribution in [0.25, 0.3) is 0 Å². The predicted octanol–water partition coefficient (Wildman–Crippen LogP) is 1.11. The molecule has 0 aliphatic rings. The summed E-state index contributed by atoms with van der Waals surface area (Å²) in [6, 6.07) is 3.04. The van der Waals surface area contributed by atoms with Gasteiger partial charge >= 0.3 is 0 Å². The highest BCUT2D eigenvalue weighted by Crippen LogP contribution is 2.19. The Bertz CT molecular complexity index is 718. The summed E-state index contributed by atoms with van der Waals surface area (Å²) in [5.41, 5.74) is -0.420. The molecule has 0 aliphatic heterocycles. The van der Waals surface area contributed by atoms with Gasteiger partial charge in [-0.15, -0.1) is 0 Å². The van der Waals surface area contributed by atoms with Gasteiger partial charge in [-0.25, -0.2) is 12.8 Å². The van der Waals surface area contributed by atoms with E-state index in [9.17, 15) is 22.4 Å². The van der Waals surface area contributed by atoms with E-state index >= 15 is 0 Å². The lowest BCUT2D eigenvalue weighted by atomic mass is 10.2. The predicted molar refractivity (Wildman–Crippen MR) is 92.1 cm³/mol. The van der Waals surface area contributed by atoms with Crippen molar-refractivity contribution in [3.8, 4) is 0 Å². The Morgan fingerprint density at radius 2 is 1.76 bits per heavy atom. The minimum Gasteiger partial charge on any atom is -0.355 e. The van der Waals surface area contributed by atoms with Crippen LogP contribution in [-0.4, -0.2) is 50.7 Å². The van der Waals surface area contributed by atoms with E-state index in [1.54, 1.807) is 13.8 Å². The number of halogens is 1. The monoisotopic (exact) mass is 373 g/mol. The van der Waals surface area contributed by atoms with Gasteiger partial charge in [0.2, 0.25) is 15.9 Å². The van der Waals surface area contributed by atoms with Crippen LogP contribution in [0.2, 0.25) is 0 Å². The second-order valence-corrected chi connectivity index (χ2v) is 7.20. The van der Waals surface area contributed by atoms with Crippen LogP contribution < -0.4 is 10.6 Å². The van der Waals surface area contributed by atoms with E-state index in [0.29, 0.717) is 6.54 Å². The van der Waals surface area contributed by atoms with Crippen LogP contribution in [0.3, 0.4) is 0 Å². The van der Waals surface area contributed by atoms with Crippen molar-refractivity contribution in [3.63, 3.8) is 0 Å². The molecule has 2 N–H and O–H groups in total. The molecule has 0 spiro atoms. The molecule has 2 amide bonds. The lowest BCUT2D eigenvalue weighted by molar-refractivity contribution is -0.120. The van der Waals surface area contributed by atoms with Crippen LogP contribution in [0.15, 0.2) is 23.1 Å². The van der Waals surface area contributed by atoms with E-state index in [0.717, 1.165) is 24.6 Å². The maximum Gasteiger partial charge on any atom is 0.254 e. The molecule has 0 saturated carbocycles. The standard InChI is InChI=1S/C16H24FN3O4S/c1-4-9-18-15(21)11-19-16(22)13-10-12(7-8-14(13)17)25(23,24)20(5-2)6-3/h7-8,10H,4-6,9,11H2,1-3H3,(H,18,21)(H,19,22). The third-order valence-electron chi connectivity index (χ3n) is 3.51. The average molecular weight is 373 g/mol. The maximum atomic E-state index is 13.9. The Kier molecular flexibility index (Phi) is 7.98. The van der Waals surface area contributed by atoms with Gasteiger partial charge in [-0.2, -0.15) is 4.31 Å². The zero-order valence-electron chi connectivity index (χ0n) is 14.6. The fraction of sp³-hybridized carbons (Fsp3) is 0.500. The summed E-state index contributed by atoms with van der Waals surface area (Å²) in [4.78, 5) is 23.4. The normalized spacial score (nSPS) is 11.4. The Morgan fingerprint density at radius 1 is 1.12 bits per heavy atom. The second kappa shape index (κ2) is 9.47. The number of amides is 2. The van der Waals surface area contributed by atoms with Crippen molar-refractivity contribution in [2.75, 3.05) is 26.2 Å². The highest BCUT2D eigenvalue weighted by Gasteiger charge is 2.24. The van der Waals surface area contributed by atoms with Crippen LogP contribution in [0.5, 0.6) is 0 Å². The third kappa shape index (κ3) is 5.50. The molecule has 0 atom stereocenters. The van der Waals surface area contributed by atoms with Gasteiger partial charge in [0, 0.05) is 19.6 Å². The van der Waals surface area contributed by atoms with Crippen molar-refractivity contribution in [1.29, 1.82) is 0 Å². The molecule has 0 aromatic heterocycles. The molecular weight excluding hydrogens is 349 g/mol. The molecule has 1 rings (SSSR count). The molecular formula is C16H24FN3O4S. The molecule has 140 valence electrons. The van der Waals surface area contributed by atoms with Crippen molar-refractivity contribution in [2.45, 2.75) is 32.1 Å². The number of rotatable bonds is 9. The minimum absolute atomic E-state index is 0.168. The summed E-state index contributed by atoms with van der Waals surface area (Å²) in [5, 5.41) is 4.85. The van der Waals surface area contributed by atoms with Crippen molar-refractivity contribution in [1.82, 2.24) is 14.9 Å². The Balaban J connectivity index is 2.98. The van der Waals surface area contributed by atoms with E-state index in [4.69, 9.17) is 0 Å². The van der Waals surface area contributed by atoms with Crippen molar-refractivity contribution in [3.05, 3.63) is 29.6 Å². The van der Waals surface area contributed by atoms with Gasteiger partial charge in [-0.05, 0) is 24.6 Å². The Hall–Kier alpha value is -2.00. The van der Waals surface area contributed by atoms with Crippen LogP contribution in [0.1, 0.15) is 37.6 Å². The van der Waals surface area contributed by atoms with Gasteiger partial charge in [0.05, 0.1) is 17.0 Å². The quantitative estimate of drug-likeness (QED) is 0.678. The molecule has 0 saturated heterocycles. The molecule has 0 aliphatic carbocycles. The van der Waals surface area contributed by atoms with Gasteiger partial charge in [0.15, 0.2) is 0 Å². The zero-order chi connectivity index (χ0) is 19.0. The van der Waals surface area contributed by atoms with Crippen molar-refractivity contribution in [2.24, 2.45) is 0 Å². The summed E-state index contributed by atoms with van der Waals surface area (Å²) in [6.07, 6.45) is 0.750. The first-order valence-corrected chi connectivity index (χ1v) is 9.56. The first-order chi connectivity index (χ1) is 11.8. The molecule has 0 fully saturated rings. The van der Waals surface area contributed by atoms with Crippen molar-refractivity contribution >= 4 is 21.8 Å². The fourth-order valence-corrected chi connectivity index (χ4v) is 3.62. The Labute approximate surface area is 147 Å². The lowest BCUT2D eigenvalue weighted by Crippen LogP contribution is -2.37. The van der Waals surface area contributed by atoms with Crippen LogP contribution in [0, 0.1) is 5.82 Å². The number of nitrogens with one attached hydrogen (secondary N) is 2. The second-order valence-electron chi connectivity index (χ2n) is 5.26. The van der Waals surface area contributed by atoms with Gasteiger partial charge < -0.3 is 10.6 Å². The number of carbonyl (C=O) groups is 2. The number of hydrogen-bond donors (Lipinski definition) is 2. The van der Waals surface area contributed by atoms with E-state index in [1.165, 1.54) is 4.31 Å². The summed E-state index contributed by atoms with van der Waals surface area (Å²) in [5.74, 6) is -2.10. The van der Waals surface area contributed by atoms with Gasteiger partial charge in [-0.3, -0.25) is 9.59 Å². The Morgan fingerprint density at radius 3 is 2.32 bits per heavy atom. The third-order valence-corrected chi connectivity index (χ3v) is 5.55. The summed E-state index contributed by atoms with van der Waals surface area (Å²) in [7, 11) is -3.81. The molecule has 7 nitrogen and oxygen atoms in total. The SMILES string of the molecule is CCCNC(=O)CNC(=O)c1cc(S(=O)(=O)N(CC)CC)ccc1F. The van der Waals surface area contributed by atoms with Crippen molar-refractivity contribution < 1.29 is 22.4 Å². The number of nitrogens with zero attached hydrogens (tertiary/aromatic N) is 1. The largest absolute Gasteiger partial charge is 0.355 e. The van der Waals surface area contributed by atoms with Gasteiger partial charge in [0.1, 0.15) is 5.82 Å². The lowest BCUT2D eigenvalue weighted by Gasteiger charge is -2.18. The first kappa shape index (κ1) is 21.0. The maximum absolute atomic E-state index is 13.9. The number of sulfonamides is 1. The number of carbonyl (C=O) groups excluding carboxylic acids is 2. The van der Waals surface area contributed by atoms with E-state index in [2.05, 4.69) is 10.6 Å². The summed E-state index contributed by atoms with van der Waals surface area (Å²) in [6.45, 7) is 5.94. The van der Waals surface area contributed by atoms with Crippen LogP contribution in [0.4, 0.5) is 4.39 Å². The minimum atomic E-state index is -3.81. The summed E-state index contributed by atoms with van der Waals surface area (Å²) < 4.78 is 40.1. The molecule has 0 radical (unpaired) electrons. The number of hydrogen-bond acceptors (Lipinski definition) is 4. The van der Waals surface area contributed by atoms with Crippen LogP contribution >= 0.6 is 0 Å². The van der Waals surface area contributed by atoms with E-state index < -0.39 is 33.2 Å². The fourth-order valence-electron chi connectivity index (χ4n) is 2.13. The number of benzene rings is 1. The highest BCUT2D eigenvalue weighted by molar-refractivity contribution is 7.89. The first-order valence-electron chi connectivity index (χ1n) is 8.12. The van der Waals surface area contributed by atoms with E-state index in [-0.39, 0.29) is 24.5 Å². The van der Waals surface area contributed by atoms with E-state index in [1.807, 2.05) is 6.92 Å². The smallest absolute Gasteiger partial charge is 0.254 e. The zero-order valence-corrected chi connectivity index (χ0v) is 15.5. The van der Waals surface area contributed by atoms with Gasteiger partial charge in [-0.1, -0.05) is 20.8 Å². The van der Waals surface area contributed by atoms with Gasteiger partial charge in [0.25, 0.3) is 5.91 Å². The average Bonchev–Trinajstić information content (AvgIpc) is 2.58. The molecule has 0 bridgehead atoms. The molecule has 0 unspecified atom stereocenters. The molecule has 25 heavy (non-hydrogen) atoms. The highest BCUT2D eigenvalue weighted by atomic mass is 32.2. The molecule has 1 aromatic carbocycles. The summed E-state index contributed by atoms with van der Waals surface area (Å²) >= 11 is 0. The molecule has 0 heterocycles.